The summed E-state index contributed by atoms with van der Waals surface area (Å²) in [6.45, 7) is 3.63. The molecule has 0 fully saturated rings. The zero-order valence-corrected chi connectivity index (χ0v) is 19.6. The molecule has 1 atom stereocenters. The molecule has 33 heavy (non-hydrogen) atoms. The second kappa shape index (κ2) is 9.92. The Kier molecular flexibility index (Phi) is 6.79. The van der Waals surface area contributed by atoms with Crippen LogP contribution in [0.2, 0.25) is 0 Å². The average Bonchev–Trinajstić information content (AvgIpc) is 2.82. The molecule has 0 saturated heterocycles. The van der Waals surface area contributed by atoms with Crippen molar-refractivity contribution < 1.29 is 23.4 Å². The number of para-hydroxylation sites is 1. The van der Waals surface area contributed by atoms with Gasteiger partial charge in [-0.2, -0.15) is 0 Å². The normalized spacial score (nSPS) is 11.7. The summed E-state index contributed by atoms with van der Waals surface area (Å²) in [7, 11) is 0. The van der Waals surface area contributed by atoms with Gasteiger partial charge in [0.2, 0.25) is 17.3 Å². The predicted octanol–water partition coefficient (Wildman–Crippen LogP) is 6.34. The zero-order valence-electron chi connectivity index (χ0n) is 18.0. The Balaban J connectivity index is 1.69. The van der Waals surface area contributed by atoms with Gasteiger partial charge in [-0.3, -0.25) is 4.79 Å². The largest absolute Gasteiger partial charge is 0.474 e. The number of esters is 1. The van der Waals surface area contributed by atoms with Crippen LogP contribution in [0.5, 0.6) is 17.2 Å². The Morgan fingerprint density at radius 1 is 1.03 bits per heavy atom. The maximum Gasteiger partial charge on any atom is 0.352 e. The molecule has 7 heteroatoms. The fourth-order valence-electron chi connectivity index (χ4n) is 3.33. The highest BCUT2D eigenvalue weighted by Crippen LogP contribution is 2.32. The lowest BCUT2D eigenvalue weighted by Gasteiger charge is -2.18. The van der Waals surface area contributed by atoms with Crippen LogP contribution >= 0.6 is 15.9 Å². The number of ether oxygens (including phenoxy) is 3. The second-order valence-electron chi connectivity index (χ2n) is 7.17. The van der Waals surface area contributed by atoms with Crippen LogP contribution < -0.4 is 14.9 Å². The van der Waals surface area contributed by atoms with Gasteiger partial charge in [-0.1, -0.05) is 42.5 Å². The van der Waals surface area contributed by atoms with E-state index in [0.29, 0.717) is 33.8 Å². The van der Waals surface area contributed by atoms with Crippen LogP contribution in [0.1, 0.15) is 24.4 Å². The summed E-state index contributed by atoms with van der Waals surface area (Å²) in [6, 6.07) is 21.1. The third kappa shape index (κ3) is 4.93. The lowest BCUT2D eigenvalue weighted by atomic mass is 10.1. The van der Waals surface area contributed by atoms with Crippen LogP contribution in [-0.2, 0) is 9.53 Å². The fraction of sp³-hybridized carbons (Fsp3) is 0.154. The Hall–Kier alpha value is -3.58. The average molecular weight is 509 g/mol. The van der Waals surface area contributed by atoms with Gasteiger partial charge < -0.3 is 18.6 Å². The maximum atomic E-state index is 13.1. The number of benzene rings is 3. The first-order valence-electron chi connectivity index (χ1n) is 10.4. The summed E-state index contributed by atoms with van der Waals surface area (Å²) in [5.74, 6) is 0.805. The van der Waals surface area contributed by atoms with Crippen LogP contribution in [0.4, 0.5) is 0 Å². The van der Waals surface area contributed by atoms with E-state index in [1.807, 2.05) is 36.4 Å². The van der Waals surface area contributed by atoms with Gasteiger partial charge in [0.1, 0.15) is 22.8 Å². The molecule has 0 bridgehead atoms. The van der Waals surface area contributed by atoms with Gasteiger partial charge in [-0.25, -0.2) is 4.79 Å². The van der Waals surface area contributed by atoms with E-state index in [1.165, 1.54) is 0 Å². The Morgan fingerprint density at radius 3 is 2.48 bits per heavy atom. The van der Waals surface area contributed by atoms with Crippen LogP contribution in [0.15, 0.2) is 86.5 Å². The van der Waals surface area contributed by atoms with Gasteiger partial charge in [0.25, 0.3) is 0 Å². The first-order valence-corrected chi connectivity index (χ1v) is 11.1. The fourth-order valence-corrected chi connectivity index (χ4v) is 3.70. The molecular weight excluding hydrogens is 488 g/mol. The van der Waals surface area contributed by atoms with E-state index in [-0.39, 0.29) is 17.8 Å². The van der Waals surface area contributed by atoms with Crippen molar-refractivity contribution in [2.45, 2.75) is 20.0 Å². The number of carbonyl (C=O) groups excluding carboxylic acids is 1. The van der Waals surface area contributed by atoms with Crippen LogP contribution in [-0.4, -0.2) is 12.6 Å². The van der Waals surface area contributed by atoms with Gasteiger partial charge in [0.15, 0.2) is 0 Å². The summed E-state index contributed by atoms with van der Waals surface area (Å²) >= 11 is 3.41. The quantitative estimate of drug-likeness (QED) is 0.271. The van der Waals surface area contributed by atoms with E-state index in [2.05, 4.69) is 15.9 Å². The van der Waals surface area contributed by atoms with Crippen molar-refractivity contribution in [2.75, 3.05) is 6.61 Å². The smallest absolute Gasteiger partial charge is 0.352 e. The van der Waals surface area contributed by atoms with Crippen LogP contribution in [0.25, 0.3) is 11.0 Å². The molecule has 168 valence electrons. The minimum atomic E-state index is -0.950. The predicted molar refractivity (Wildman–Crippen MR) is 128 cm³/mol. The molecule has 4 aromatic rings. The molecule has 0 radical (unpaired) electrons. The number of fused-ring (bicyclic) bond motifs is 1. The van der Waals surface area contributed by atoms with Crippen LogP contribution in [0.3, 0.4) is 0 Å². The van der Waals surface area contributed by atoms with Gasteiger partial charge in [0, 0.05) is 11.6 Å². The molecule has 1 aromatic heterocycles. The van der Waals surface area contributed by atoms with Gasteiger partial charge in [-0.05, 0) is 54.0 Å². The third-order valence-corrected chi connectivity index (χ3v) is 5.55. The third-order valence-electron chi connectivity index (χ3n) is 4.89. The molecule has 6 nitrogen and oxygen atoms in total. The SMILES string of the molecule is CCOC(=O)C(Oc1ccc2c(=O)c(Oc3ccccc3Br)c(C)oc2c1)c1ccccc1. The molecule has 0 aliphatic rings. The van der Waals surface area contributed by atoms with Crippen molar-refractivity contribution in [1.82, 2.24) is 0 Å². The lowest BCUT2D eigenvalue weighted by molar-refractivity contribution is -0.151. The van der Waals surface area contributed by atoms with Crippen LogP contribution in [0, 0.1) is 6.92 Å². The first-order chi connectivity index (χ1) is 16.0. The number of hydrogen-bond donors (Lipinski definition) is 0. The van der Waals surface area contributed by atoms with Gasteiger partial charge in [0.05, 0.1) is 16.5 Å². The number of rotatable bonds is 7. The molecule has 0 N–H and O–H groups in total. The molecule has 0 aliphatic carbocycles. The van der Waals surface area contributed by atoms with Crippen molar-refractivity contribution >= 4 is 32.9 Å². The lowest BCUT2D eigenvalue weighted by Crippen LogP contribution is -2.21. The van der Waals surface area contributed by atoms with E-state index >= 15 is 0 Å². The molecule has 4 rings (SSSR count). The zero-order chi connectivity index (χ0) is 23.4. The minimum absolute atomic E-state index is 0.108. The summed E-state index contributed by atoms with van der Waals surface area (Å²) in [5.41, 5.74) is 0.678. The maximum absolute atomic E-state index is 13.1. The van der Waals surface area contributed by atoms with E-state index in [0.717, 1.165) is 4.47 Å². The molecule has 3 aromatic carbocycles. The monoisotopic (exact) mass is 508 g/mol. The highest BCUT2D eigenvalue weighted by molar-refractivity contribution is 9.10. The van der Waals surface area contributed by atoms with Crippen molar-refractivity contribution in [3.63, 3.8) is 0 Å². The Bertz CT molecular complexity index is 1350. The highest BCUT2D eigenvalue weighted by atomic mass is 79.9. The van der Waals surface area contributed by atoms with Crippen molar-refractivity contribution in [1.29, 1.82) is 0 Å². The van der Waals surface area contributed by atoms with E-state index in [1.54, 1.807) is 50.2 Å². The number of halogens is 1. The molecule has 0 amide bonds. The number of carbonyl (C=O) groups is 1. The number of hydrogen-bond acceptors (Lipinski definition) is 6. The summed E-state index contributed by atoms with van der Waals surface area (Å²) in [5, 5.41) is 0.336. The standard InChI is InChI=1S/C26H21BrO6/c1-3-30-26(29)25(17-9-5-4-6-10-17)32-18-13-14-19-22(15-18)31-16(2)24(23(19)28)33-21-12-8-7-11-20(21)27/h4-15,25H,3H2,1-2H3. The van der Waals surface area contributed by atoms with E-state index in [4.69, 9.17) is 18.6 Å². The topological polar surface area (TPSA) is 75.0 Å². The van der Waals surface area contributed by atoms with E-state index in [9.17, 15) is 9.59 Å². The summed E-state index contributed by atoms with van der Waals surface area (Å²) < 4.78 is 23.6. The van der Waals surface area contributed by atoms with Gasteiger partial charge in [-0.15, -0.1) is 0 Å². The first kappa shape index (κ1) is 22.6. The molecule has 1 heterocycles. The minimum Gasteiger partial charge on any atom is -0.474 e. The van der Waals surface area contributed by atoms with Crippen molar-refractivity contribution in [2.24, 2.45) is 0 Å². The molecule has 0 aliphatic heterocycles. The molecule has 0 saturated carbocycles. The molecular formula is C26H21BrO6. The molecule has 1 unspecified atom stereocenters. The van der Waals surface area contributed by atoms with E-state index < -0.39 is 12.1 Å². The second-order valence-corrected chi connectivity index (χ2v) is 8.02. The van der Waals surface area contributed by atoms with Gasteiger partial charge >= 0.3 is 5.97 Å². The summed E-state index contributed by atoms with van der Waals surface area (Å²) in [4.78, 5) is 25.6. The van der Waals surface area contributed by atoms with Crippen molar-refractivity contribution in [3.05, 3.63) is 98.8 Å². The summed E-state index contributed by atoms with van der Waals surface area (Å²) in [6.07, 6.45) is -0.950. The Morgan fingerprint density at radius 2 is 1.76 bits per heavy atom. The number of aryl methyl sites for hydroxylation is 1. The highest BCUT2D eigenvalue weighted by Gasteiger charge is 2.24. The van der Waals surface area contributed by atoms with Crippen molar-refractivity contribution in [3.8, 4) is 17.2 Å². The Labute approximate surface area is 198 Å². The molecule has 0 spiro atoms.